The molecule has 128 valence electrons. The van der Waals surface area contributed by atoms with Crippen LogP contribution in [0.3, 0.4) is 0 Å². The number of anilines is 1. The van der Waals surface area contributed by atoms with Gasteiger partial charge in [-0.2, -0.15) is 0 Å². The maximum Gasteiger partial charge on any atom is 0.225 e. The van der Waals surface area contributed by atoms with Gasteiger partial charge in [0.2, 0.25) is 5.95 Å². The summed E-state index contributed by atoms with van der Waals surface area (Å²) < 4.78 is 2.41. The van der Waals surface area contributed by atoms with Crippen molar-refractivity contribution in [1.82, 2.24) is 14.8 Å². The molecule has 24 heavy (non-hydrogen) atoms. The van der Waals surface area contributed by atoms with Gasteiger partial charge in [-0.25, -0.2) is 0 Å². The minimum Gasteiger partial charge on any atom is -0.352 e. The number of aromatic nitrogens is 3. The topological polar surface area (TPSA) is 42.7 Å². The van der Waals surface area contributed by atoms with Gasteiger partial charge < -0.3 is 5.32 Å². The Morgan fingerprint density at radius 2 is 1.46 bits per heavy atom. The summed E-state index contributed by atoms with van der Waals surface area (Å²) in [6, 6.07) is 11.6. The number of nitrogens with one attached hydrogen (secondary N) is 1. The predicted octanol–water partition coefficient (Wildman–Crippen LogP) is 5.19. The Morgan fingerprint density at radius 1 is 0.792 bits per heavy atom. The van der Waals surface area contributed by atoms with Crippen LogP contribution in [0.15, 0.2) is 30.3 Å². The summed E-state index contributed by atoms with van der Waals surface area (Å²) in [6.07, 6.45) is 13.1. The predicted molar refractivity (Wildman–Crippen MR) is 98.1 cm³/mol. The first kappa shape index (κ1) is 15.7. The van der Waals surface area contributed by atoms with Gasteiger partial charge >= 0.3 is 0 Å². The summed E-state index contributed by atoms with van der Waals surface area (Å²) >= 11 is 0. The normalized spacial score (nSPS) is 20.2. The van der Waals surface area contributed by atoms with E-state index in [4.69, 9.17) is 0 Å². The molecule has 4 nitrogen and oxygen atoms in total. The fourth-order valence-electron chi connectivity index (χ4n) is 4.29. The van der Waals surface area contributed by atoms with Crippen LogP contribution in [0, 0.1) is 0 Å². The Hall–Kier alpha value is -1.84. The maximum atomic E-state index is 4.58. The van der Waals surface area contributed by atoms with Crippen molar-refractivity contribution >= 4 is 5.95 Å². The van der Waals surface area contributed by atoms with E-state index in [0.29, 0.717) is 12.1 Å². The van der Waals surface area contributed by atoms with Crippen LogP contribution in [0.2, 0.25) is 0 Å². The van der Waals surface area contributed by atoms with Gasteiger partial charge in [0.15, 0.2) is 5.82 Å². The molecule has 2 fully saturated rings. The van der Waals surface area contributed by atoms with Crippen LogP contribution < -0.4 is 5.32 Å². The molecule has 1 N–H and O–H groups in total. The second-order valence-corrected chi connectivity index (χ2v) is 7.35. The lowest BCUT2D eigenvalue weighted by Crippen LogP contribution is -2.26. The molecule has 1 heterocycles. The first-order valence-electron chi connectivity index (χ1n) is 9.68. The van der Waals surface area contributed by atoms with Crippen molar-refractivity contribution in [2.45, 2.75) is 76.3 Å². The molecule has 2 aliphatic carbocycles. The number of nitrogens with zero attached hydrogens (tertiary/aromatic N) is 3. The molecule has 4 heteroatoms. The minimum absolute atomic E-state index is 0.537. The van der Waals surface area contributed by atoms with Gasteiger partial charge in [-0.3, -0.25) is 4.57 Å². The van der Waals surface area contributed by atoms with Crippen molar-refractivity contribution in [2.24, 2.45) is 0 Å². The van der Waals surface area contributed by atoms with E-state index >= 15 is 0 Å². The van der Waals surface area contributed by atoms with Crippen LogP contribution in [0.25, 0.3) is 11.4 Å². The monoisotopic (exact) mass is 324 g/mol. The average molecular weight is 324 g/mol. The second-order valence-electron chi connectivity index (χ2n) is 7.35. The SMILES string of the molecule is c1ccc(-c2nnc(NC3CCCCC3)n2C2CCCCC2)cc1. The Morgan fingerprint density at radius 3 is 2.17 bits per heavy atom. The van der Waals surface area contributed by atoms with E-state index < -0.39 is 0 Å². The third-order valence-corrected chi connectivity index (χ3v) is 5.61. The molecule has 2 aromatic rings. The largest absolute Gasteiger partial charge is 0.352 e. The summed E-state index contributed by atoms with van der Waals surface area (Å²) in [5.74, 6) is 2.02. The summed E-state index contributed by atoms with van der Waals surface area (Å²) in [4.78, 5) is 0. The number of hydrogen-bond acceptors (Lipinski definition) is 3. The van der Waals surface area contributed by atoms with E-state index in [-0.39, 0.29) is 0 Å². The van der Waals surface area contributed by atoms with Crippen LogP contribution >= 0.6 is 0 Å². The second kappa shape index (κ2) is 7.37. The zero-order valence-electron chi connectivity index (χ0n) is 14.5. The summed E-state index contributed by atoms with van der Waals surface area (Å²) in [5.41, 5.74) is 1.17. The van der Waals surface area contributed by atoms with Crippen LogP contribution in [0.1, 0.15) is 70.3 Å². The lowest BCUT2D eigenvalue weighted by molar-refractivity contribution is 0.355. The third-order valence-electron chi connectivity index (χ3n) is 5.61. The molecular formula is C20H28N4. The first-order chi connectivity index (χ1) is 11.9. The third kappa shape index (κ3) is 3.33. The molecule has 2 aliphatic rings. The van der Waals surface area contributed by atoms with Gasteiger partial charge in [-0.1, -0.05) is 68.9 Å². The van der Waals surface area contributed by atoms with Crippen LogP contribution in [0.5, 0.6) is 0 Å². The molecule has 0 saturated heterocycles. The number of hydrogen-bond donors (Lipinski definition) is 1. The summed E-state index contributed by atoms with van der Waals surface area (Å²) in [6.45, 7) is 0. The highest BCUT2D eigenvalue weighted by Gasteiger charge is 2.25. The fraction of sp³-hybridized carbons (Fsp3) is 0.600. The molecule has 0 amide bonds. The van der Waals surface area contributed by atoms with E-state index in [9.17, 15) is 0 Å². The van der Waals surface area contributed by atoms with Gasteiger partial charge in [0.05, 0.1) is 0 Å². The van der Waals surface area contributed by atoms with Crippen molar-refractivity contribution in [3.63, 3.8) is 0 Å². The molecular weight excluding hydrogens is 296 g/mol. The quantitative estimate of drug-likeness (QED) is 0.841. The van der Waals surface area contributed by atoms with Gasteiger partial charge in [0.25, 0.3) is 0 Å². The molecule has 0 bridgehead atoms. The molecule has 4 rings (SSSR count). The Bertz CT molecular complexity index is 637. The molecule has 0 atom stereocenters. The highest BCUT2D eigenvalue weighted by Crippen LogP contribution is 2.35. The molecule has 2 saturated carbocycles. The van der Waals surface area contributed by atoms with E-state index in [1.54, 1.807) is 0 Å². The lowest BCUT2D eigenvalue weighted by Gasteiger charge is -2.28. The van der Waals surface area contributed by atoms with Crippen molar-refractivity contribution in [1.29, 1.82) is 0 Å². The fourth-order valence-corrected chi connectivity index (χ4v) is 4.29. The molecule has 0 unspecified atom stereocenters. The van der Waals surface area contributed by atoms with Gasteiger partial charge in [-0.05, 0) is 25.7 Å². The summed E-state index contributed by atoms with van der Waals surface area (Å²) in [5, 5.41) is 12.9. The summed E-state index contributed by atoms with van der Waals surface area (Å²) in [7, 11) is 0. The standard InChI is InChI=1S/C20H28N4/c1-4-10-16(11-5-1)19-22-23-20(21-17-12-6-2-7-13-17)24(19)18-14-8-3-9-15-18/h1,4-5,10-11,17-18H,2-3,6-9,12-15H2,(H,21,23). The van der Waals surface area contributed by atoms with Gasteiger partial charge in [-0.15, -0.1) is 10.2 Å². The molecule has 0 radical (unpaired) electrons. The molecule has 1 aromatic heterocycles. The van der Waals surface area contributed by atoms with Gasteiger partial charge in [0.1, 0.15) is 0 Å². The van der Waals surface area contributed by atoms with Crippen molar-refractivity contribution < 1.29 is 0 Å². The minimum atomic E-state index is 0.537. The number of benzene rings is 1. The van der Waals surface area contributed by atoms with Crippen molar-refractivity contribution in [2.75, 3.05) is 5.32 Å². The number of rotatable bonds is 4. The molecule has 0 spiro atoms. The van der Waals surface area contributed by atoms with Crippen LogP contribution in [0.4, 0.5) is 5.95 Å². The smallest absolute Gasteiger partial charge is 0.225 e. The zero-order chi connectivity index (χ0) is 16.2. The Labute approximate surface area is 144 Å². The highest BCUT2D eigenvalue weighted by atomic mass is 15.4. The van der Waals surface area contributed by atoms with Crippen molar-refractivity contribution in [3.05, 3.63) is 30.3 Å². The Kier molecular flexibility index (Phi) is 4.81. The van der Waals surface area contributed by atoms with E-state index in [1.807, 2.05) is 0 Å². The van der Waals surface area contributed by atoms with Crippen LogP contribution in [-0.4, -0.2) is 20.8 Å². The Balaban J connectivity index is 1.66. The lowest BCUT2D eigenvalue weighted by atomic mass is 9.94. The first-order valence-corrected chi connectivity index (χ1v) is 9.68. The maximum absolute atomic E-state index is 4.58. The van der Waals surface area contributed by atoms with Crippen LogP contribution in [-0.2, 0) is 0 Å². The van der Waals surface area contributed by atoms with Crippen molar-refractivity contribution in [3.8, 4) is 11.4 Å². The molecule has 1 aromatic carbocycles. The highest BCUT2D eigenvalue weighted by molar-refractivity contribution is 5.57. The average Bonchev–Trinajstić information content (AvgIpc) is 3.07. The zero-order valence-corrected chi connectivity index (χ0v) is 14.5. The van der Waals surface area contributed by atoms with E-state index in [1.165, 1.54) is 69.8 Å². The molecule has 0 aliphatic heterocycles. The van der Waals surface area contributed by atoms with E-state index in [0.717, 1.165) is 11.8 Å². The van der Waals surface area contributed by atoms with E-state index in [2.05, 4.69) is 50.4 Å². The van der Waals surface area contributed by atoms with Gasteiger partial charge in [0, 0.05) is 17.6 Å².